The third kappa shape index (κ3) is 3.81. The Kier molecular flexibility index (Phi) is 5.08. The van der Waals surface area contributed by atoms with Crippen molar-refractivity contribution in [2.45, 2.75) is 44.6 Å². The number of rotatable bonds is 3. The molecule has 0 radical (unpaired) electrons. The number of nitrogens with one attached hydrogen (secondary N) is 2. The zero-order valence-corrected chi connectivity index (χ0v) is 16.2. The molecule has 3 heterocycles. The summed E-state index contributed by atoms with van der Waals surface area (Å²) in [6.45, 7) is 6.52. The summed E-state index contributed by atoms with van der Waals surface area (Å²) in [5.74, 6) is 0.972. The van der Waals surface area contributed by atoms with Gasteiger partial charge < -0.3 is 20.4 Å². The first-order chi connectivity index (χ1) is 13.1. The van der Waals surface area contributed by atoms with E-state index in [0.717, 1.165) is 63.4 Å². The molecule has 2 saturated heterocycles. The van der Waals surface area contributed by atoms with E-state index in [-0.39, 0.29) is 11.8 Å². The molecule has 1 spiro atoms. The van der Waals surface area contributed by atoms with Gasteiger partial charge in [-0.15, -0.1) is 0 Å². The van der Waals surface area contributed by atoms with E-state index < -0.39 is 5.54 Å². The van der Waals surface area contributed by atoms with E-state index in [1.54, 1.807) is 0 Å². The molecule has 0 unspecified atom stereocenters. The Morgan fingerprint density at radius 3 is 2.67 bits per heavy atom. The quantitative estimate of drug-likeness (QED) is 0.858. The summed E-state index contributed by atoms with van der Waals surface area (Å²) in [4.78, 5) is 29.5. The summed E-state index contributed by atoms with van der Waals surface area (Å²) >= 11 is 0. The average Bonchev–Trinajstić information content (AvgIpc) is 2.68. The Morgan fingerprint density at radius 1 is 1.19 bits per heavy atom. The molecule has 2 fully saturated rings. The standard InChI is InChI=1S/C21H30N4O2/c1-16-5-4-11-25(15-16)19(26)8-12-24-13-9-21(10-14-24)20(27)22-17-6-2-3-7-18(17)23-21/h2-3,6-7,16,23H,4-5,8-15H2,1H3,(H,22,27)/t16-/m1/s1. The SMILES string of the molecule is C[C@@H]1CCCN(C(=O)CCN2CCC3(CC2)Nc2ccccc2NC3=O)C1. The van der Waals surface area contributed by atoms with Crippen LogP contribution in [0.15, 0.2) is 24.3 Å². The van der Waals surface area contributed by atoms with Crippen LogP contribution in [0.5, 0.6) is 0 Å². The molecule has 4 rings (SSSR count). The smallest absolute Gasteiger partial charge is 0.250 e. The van der Waals surface area contributed by atoms with Crippen molar-refractivity contribution in [2.75, 3.05) is 43.4 Å². The molecule has 1 aromatic carbocycles. The Hall–Kier alpha value is -2.08. The maximum atomic E-state index is 12.7. The molecular formula is C21H30N4O2. The van der Waals surface area contributed by atoms with Crippen LogP contribution < -0.4 is 10.6 Å². The minimum atomic E-state index is -0.517. The van der Waals surface area contributed by atoms with Gasteiger partial charge in [0.25, 0.3) is 0 Å². The average molecular weight is 370 g/mol. The van der Waals surface area contributed by atoms with Crippen molar-refractivity contribution in [1.82, 2.24) is 9.80 Å². The van der Waals surface area contributed by atoms with Gasteiger partial charge in [0, 0.05) is 39.1 Å². The topological polar surface area (TPSA) is 64.7 Å². The molecule has 6 nitrogen and oxygen atoms in total. The van der Waals surface area contributed by atoms with Gasteiger partial charge in [0.2, 0.25) is 11.8 Å². The number of piperidine rings is 2. The first-order valence-electron chi connectivity index (χ1n) is 10.2. The number of nitrogens with zero attached hydrogens (tertiary/aromatic N) is 2. The predicted octanol–water partition coefficient (Wildman–Crippen LogP) is 2.53. The van der Waals surface area contributed by atoms with Crippen LogP contribution in [0.25, 0.3) is 0 Å². The number of anilines is 2. The van der Waals surface area contributed by atoms with Crippen molar-refractivity contribution >= 4 is 23.2 Å². The summed E-state index contributed by atoms with van der Waals surface area (Å²) in [5.41, 5.74) is 1.34. The molecule has 146 valence electrons. The van der Waals surface area contributed by atoms with Gasteiger partial charge in [-0.1, -0.05) is 19.1 Å². The van der Waals surface area contributed by atoms with Gasteiger partial charge in [0.1, 0.15) is 5.54 Å². The van der Waals surface area contributed by atoms with Crippen molar-refractivity contribution in [3.8, 4) is 0 Å². The van der Waals surface area contributed by atoms with Gasteiger partial charge in [0.05, 0.1) is 11.4 Å². The highest BCUT2D eigenvalue weighted by Crippen LogP contribution is 2.36. The van der Waals surface area contributed by atoms with E-state index in [4.69, 9.17) is 0 Å². The van der Waals surface area contributed by atoms with Crippen molar-refractivity contribution in [1.29, 1.82) is 0 Å². The Morgan fingerprint density at radius 2 is 1.93 bits per heavy atom. The lowest BCUT2D eigenvalue weighted by Gasteiger charge is -2.44. The highest BCUT2D eigenvalue weighted by Gasteiger charge is 2.44. The number of hydrogen-bond acceptors (Lipinski definition) is 4. The Labute approximate surface area is 161 Å². The maximum Gasteiger partial charge on any atom is 0.250 e. The lowest BCUT2D eigenvalue weighted by atomic mass is 9.84. The third-order valence-electron chi connectivity index (χ3n) is 6.35. The molecule has 1 atom stereocenters. The van der Waals surface area contributed by atoms with Crippen LogP contribution in [-0.2, 0) is 9.59 Å². The molecule has 3 aliphatic rings. The van der Waals surface area contributed by atoms with Crippen LogP contribution >= 0.6 is 0 Å². The second-order valence-corrected chi connectivity index (χ2v) is 8.39. The first kappa shape index (κ1) is 18.3. The fourth-order valence-corrected chi connectivity index (χ4v) is 4.60. The molecule has 1 aromatic rings. The summed E-state index contributed by atoms with van der Waals surface area (Å²) in [6.07, 6.45) is 4.48. The van der Waals surface area contributed by atoms with Crippen LogP contribution in [0.3, 0.4) is 0 Å². The normalized spacial score (nSPS) is 24.9. The van der Waals surface area contributed by atoms with Crippen molar-refractivity contribution < 1.29 is 9.59 Å². The number of fused-ring (bicyclic) bond motifs is 1. The number of carbonyl (C=O) groups excluding carboxylic acids is 2. The highest BCUT2D eigenvalue weighted by molar-refractivity contribution is 6.06. The van der Waals surface area contributed by atoms with E-state index in [0.29, 0.717) is 12.3 Å². The lowest BCUT2D eigenvalue weighted by molar-refractivity contribution is -0.133. The van der Waals surface area contributed by atoms with E-state index in [2.05, 4.69) is 22.5 Å². The van der Waals surface area contributed by atoms with Crippen LogP contribution in [-0.4, -0.2) is 59.9 Å². The second-order valence-electron chi connectivity index (χ2n) is 8.39. The molecule has 0 aromatic heterocycles. The zero-order valence-electron chi connectivity index (χ0n) is 16.2. The highest BCUT2D eigenvalue weighted by atomic mass is 16.2. The number of carbonyl (C=O) groups is 2. The van der Waals surface area contributed by atoms with E-state index in [1.807, 2.05) is 29.2 Å². The molecule has 2 amide bonds. The summed E-state index contributed by atoms with van der Waals surface area (Å²) in [5, 5.41) is 6.54. The van der Waals surface area contributed by atoms with E-state index in [1.165, 1.54) is 6.42 Å². The zero-order chi connectivity index (χ0) is 18.9. The molecule has 27 heavy (non-hydrogen) atoms. The second kappa shape index (κ2) is 7.50. The van der Waals surface area contributed by atoms with E-state index >= 15 is 0 Å². The van der Waals surface area contributed by atoms with Crippen LogP contribution in [0.1, 0.15) is 39.0 Å². The van der Waals surface area contributed by atoms with Gasteiger partial charge in [-0.3, -0.25) is 9.59 Å². The Balaban J connectivity index is 1.29. The van der Waals surface area contributed by atoms with Crippen LogP contribution in [0.2, 0.25) is 0 Å². The number of likely N-dealkylation sites (tertiary alicyclic amines) is 2. The maximum absolute atomic E-state index is 12.7. The largest absolute Gasteiger partial charge is 0.369 e. The third-order valence-corrected chi connectivity index (χ3v) is 6.35. The first-order valence-corrected chi connectivity index (χ1v) is 10.2. The predicted molar refractivity (Wildman–Crippen MR) is 107 cm³/mol. The van der Waals surface area contributed by atoms with Crippen molar-refractivity contribution in [3.63, 3.8) is 0 Å². The fourth-order valence-electron chi connectivity index (χ4n) is 4.60. The van der Waals surface area contributed by atoms with Gasteiger partial charge in [-0.2, -0.15) is 0 Å². The molecule has 0 aliphatic carbocycles. The molecular weight excluding hydrogens is 340 g/mol. The summed E-state index contributed by atoms with van der Waals surface area (Å²) in [6, 6.07) is 7.86. The van der Waals surface area contributed by atoms with Gasteiger partial charge in [-0.05, 0) is 43.7 Å². The fraction of sp³-hybridized carbons (Fsp3) is 0.619. The minimum absolute atomic E-state index is 0.0687. The Bertz CT molecular complexity index is 712. The number of benzene rings is 1. The molecule has 6 heteroatoms. The summed E-state index contributed by atoms with van der Waals surface area (Å²) in [7, 11) is 0. The molecule has 0 saturated carbocycles. The van der Waals surface area contributed by atoms with Crippen molar-refractivity contribution in [3.05, 3.63) is 24.3 Å². The lowest BCUT2D eigenvalue weighted by Crippen LogP contribution is -2.58. The van der Waals surface area contributed by atoms with Crippen LogP contribution in [0, 0.1) is 5.92 Å². The number of hydrogen-bond donors (Lipinski definition) is 2. The minimum Gasteiger partial charge on any atom is -0.369 e. The van der Waals surface area contributed by atoms with Gasteiger partial charge in [-0.25, -0.2) is 0 Å². The van der Waals surface area contributed by atoms with E-state index in [9.17, 15) is 9.59 Å². The summed E-state index contributed by atoms with van der Waals surface area (Å²) < 4.78 is 0. The van der Waals surface area contributed by atoms with Crippen molar-refractivity contribution in [2.24, 2.45) is 5.92 Å². The molecule has 2 N–H and O–H groups in total. The van der Waals surface area contributed by atoms with Gasteiger partial charge >= 0.3 is 0 Å². The number of amides is 2. The number of para-hydroxylation sites is 2. The van der Waals surface area contributed by atoms with Crippen LogP contribution in [0.4, 0.5) is 11.4 Å². The molecule has 0 bridgehead atoms. The van der Waals surface area contributed by atoms with Gasteiger partial charge in [0.15, 0.2) is 0 Å². The molecule has 3 aliphatic heterocycles. The monoisotopic (exact) mass is 370 g/mol.